The van der Waals surface area contributed by atoms with E-state index >= 15 is 0 Å². The predicted octanol–water partition coefficient (Wildman–Crippen LogP) is 4.77. The molecule has 0 bridgehead atoms. The van der Waals surface area contributed by atoms with Gasteiger partial charge in [-0.15, -0.1) is 0 Å². The normalized spacial score (nSPS) is 20.5. The first kappa shape index (κ1) is 20.7. The Bertz CT molecular complexity index is 661. The molecule has 0 aromatic heterocycles. The van der Waals surface area contributed by atoms with Crippen LogP contribution in [-0.4, -0.2) is 56.2 Å². The van der Waals surface area contributed by atoms with Gasteiger partial charge in [0.1, 0.15) is 11.9 Å². The Hall–Kier alpha value is -0.990. The van der Waals surface area contributed by atoms with Crippen LogP contribution in [0.15, 0.2) is 35.8 Å². The molecule has 1 atom stereocenters. The summed E-state index contributed by atoms with van der Waals surface area (Å²) in [4.78, 5) is 0. The summed E-state index contributed by atoms with van der Waals surface area (Å²) in [5.41, 5.74) is 0.948. The van der Waals surface area contributed by atoms with Gasteiger partial charge in [-0.25, -0.2) is 9.37 Å². The monoisotopic (exact) mass is 432 g/mol. The van der Waals surface area contributed by atoms with Gasteiger partial charge in [0.2, 0.25) is 0 Å². The maximum Gasteiger partial charge on any atom is 0.164 e. The van der Waals surface area contributed by atoms with Gasteiger partial charge in [-0.3, -0.25) is 13.9 Å². The summed E-state index contributed by atoms with van der Waals surface area (Å²) in [5.74, 6) is 1.67. The minimum atomic E-state index is -0.253. The van der Waals surface area contributed by atoms with Crippen LogP contribution in [0.25, 0.3) is 0 Å². The van der Waals surface area contributed by atoms with Crippen molar-refractivity contribution in [3.05, 3.63) is 40.8 Å². The molecule has 1 unspecified atom stereocenters. The average molecular weight is 433 g/mol. The zero-order valence-electron chi connectivity index (χ0n) is 15.6. The van der Waals surface area contributed by atoms with Gasteiger partial charge in [-0.05, 0) is 51.1 Å². The van der Waals surface area contributed by atoms with E-state index in [-0.39, 0.29) is 6.17 Å². The first-order valence-electron chi connectivity index (χ1n) is 9.19. The molecule has 0 fully saturated rings. The molecule has 0 spiro atoms. The van der Waals surface area contributed by atoms with Gasteiger partial charge in [0, 0.05) is 35.5 Å². The second-order valence-corrected chi connectivity index (χ2v) is 8.77. The van der Waals surface area contributed by atoms with E-state index in [1.54, 1.807) is 16.6 Å². The Kier molecular flexibility index (Phi) is 7.28. The lowest BCUT2D eigenvalue weighted by atomic mass is 10.2. The summed E-state index contributed by atoms with van der Waals surface area (Å²) in [6.07, 6.45) is 4.02. The van der Waals surface area contributed by atoms with Crippen molar-refractivity contribution in [1.29, 1.82) is 0 Å². The van der Waals surface area contributed by atoms with E-state index in [0.717, 1.165) is 54.5 Å². The van der Waals surface area contributed by atoms with E-state index in [2.05, 4.69) is 8.61 Å². The summed E-state index contributed by atoms with van der Waals surface area (Å²) in [6.45, 7) is 4.17. The summed E-state index contributed by atoms with van der Waals surface area (Å²) in [7, 11) is 2.03. The first-order chi connectivity index (χ1) is 13.0. The van der Waals surface area contributed by atoms with Crippen LogP contribution in [0, 0.1) is 0 Å². The molecule has 2 heterocycles. The fourth-order valence-corrected chi connectivity index (χ4v) is 4.48. The molecule has 1 aromatic rings. The van der Waals surface area contributed by atoms with E-state index in [1.807, 2.05) is 38.2 Å². The molecule has 27 heavy (non-hydrogen) atoms. The number of benzene rings is 1. The molecule has 0 saturated carbocycles. The van der Waals surface area contributed by atoms with Gasteiger partial charge in [-0.1, -0.05) is 24.4 Å². The third-order valence-corrected chi connectivity index (χ3v) is 6.30. The molecular weight excluding hydrogens is 407 g/mol. The molecule has 0 amide bonds. The molecule has 150 valence electrons. The summed E-state index contributed by atoms with van der Waals surface area (Å²) in [5, 5.41) is 12.4. The number of nitrogens with zero attached hydrogens (tertiary/aromatic N) is 4. The van der Waals surface area contributed by atoms with E-state index < -0.39 is 0 Å². The van der Waals surface area contributed by atoms with Crippen LogP contribution >= 0.6 is 35.5 Å². The molecular formula is C18H26Cl2N4O2S. The fourth-order valence-electron chi connectivity index (χ4n) is 3.15. The highest BCUT2D eigenvalue weighted by Gasteiger charge is 2.41. The highest BCUT2D eigenvalue weighted by atomic mass is 35.5. The van der Waals surface area contributed by atoms with Gasteiger partial charge in [0.05, 0.1) is 18.8 Å². The summed E-state index contributed by atoms with van der Waals surface area (Å²) < 4.78 is 11.6. The van der Waals surface area contributed by atoms with Crippen molar-refractivity contribution >= 4 is 35.5 Å². The van der Waals surface area contributed by atoms with E-state index in [4.69, 9.17) is 28.1 Å². The number of hydrogen-bond acceptors (Lipinski definition) is 7. The highest BCUT2D eigenvalue weighted by molar-refractivity contribution is 7.94. The van der Waals surface area contributed by atoms with Crippen molar-refractivity contribution in [2.24, 2.45) is 0 Å². The Balaban J connectivity index is 1.38. The van der Waals surface area contributed by atoms with E-state index in [9.17, 15) is 5.21 Å². The largest absolute Gasteiger partial charge is 0.494 e. The number of halogens is 2. The maximum absolute atomic E-state index is 10.4. The molecule has 1 aromatic carbocycles. The zero-order chi connectivity index (χ0) is 19.4. The van der Waals surface area contributed by atoms with Crippen LogP contribution in [0.1, 0.15) is 32.6 Å². The van der Waals surface area contributed by atoms with Crippen molar-refractivity contribution in [1.82, 2.24) is 18.1 Å². The van der Waals surface area contributed by atoms with Gasteiger partial charge >= 0.3 is 0 Å². The SMILES string of the molecule is CC1N(O)C2=C(CN(C)SN2CCCCCCOc2ccc(Cl)cc2)N1Cl. The lowest BCUT2D eigenvalue weighted by molar-refractivity contribution is -0.107. The van der Waals surface area contributed by atoms with E-state index in [0.29, 0.717) is 13.2 Å². The minimum Gasteiger partial charge on any atom is -0.494 e. The predicted molar refractivity (Wildman–Crippen MR) is 110 cm³/mol. The van der Waals surface area contributed by atoms with Crippen molar-refractivity contribution < 1.29 is 9.94 Å². The number of likely N-dealkylation sites (N-methyl/N-ethyl adjacent to an activating group) is 1. The van der Waals surface area contributed by atoms with Crippen LogP contribution in [0.3, 0.4) is 0 Å². The van der Waals surface area contributed by atoms with Crippen molar-refractivity contribution in [3.63, 3.8) is 0 Å². The van der Waals surface area contributed by atoms with Crippen LogP contribution in [0.2, 0.25) is 5.02 Å². The second-order valence-electron chi connectivity index (χ2n) is 6.74. The number of ether oxygens (including phenoxy) is 1. The van der Waals surface area contributed by atoms with Gasteiger partial charge in [-0.2, -0.15) is 0 Å². The van der Waals surface area contributed by atoms with Crippen LogP contribution in [-0.2, 0) is 0 Å². The topological polar surface area (TPSA) is 42.4 Å². The Morgan fingerprint density at radius 2 is 1.89 bits per heavy atom. The van der Waals surface area contributed by atoms with Crippen LogP contribution < -0.4 is 4.74 Å². The average Bonchev–Trinajstić information content (AvgIpc) is 2.86. The quantitative estimate of drug-likeness (QED) is 0.360. The number of hydrogen-bond donors (Lipinski definition) is 1. The molecule has 6 nitrogen and oxygen atoms in total. The molecule has 1 N–H and O–H groups in total. The standard InChI is InChI=1S/C18H26Cl2N4O2S/c1-14-23(20)17-13-21(2)27-22(18(17)24(14)25)11-5-3-4-6-12-26-16-9-7-15(19)8-10-16/h7-10,14,25H,3-6,11-13H2,1-2H3. The third kappa shape index (κ3) is 5.09. The number of hydroxylamine groups is 2. The Morgan fingerprint density at radius 3 is 2.63 bits per heavy atom. The molecule has 9 heteroatoms. The van der Waals surface area contributed by atoms with Gasteiger partial charge in [0.25, 0.3) is 0 Å². The van der Waals surface area contributed by atoms with Crippen LogP contribution in [0.5, 0.6) is 5.75 Å². The van der Waals surface area contributed by atoms with Gasteiger partial charge < -0.3 is 4.74 Å². The molecule has 0 saturated heterocycles. The summed E-state index contributed by atoms with van der Waals surface area (Å²) in [6, 6.07) is 7.45. The van der Waals surface area contributed by atoms with Gasteiger partial charge in [0.15, 0.2) is 5.82 Å². The minimum absolute atomic E-state index is 0.253. The van der Waals surface area contributed by atoms with Crippen LogP contribution in [0.4, 0.5) is 0 Å². The lowest BCUT2D eigenvalue weighted by Crippen LogP contribution is -2.36. The molecule has 2 aliphatic rings. The van der Waals surface area contributed by atoms with Crippen molar-refractivity contribution in [2.45, 2.75) is 38.8 Å². The van der Waals surface area contributed by atoms with Crippen molar-refractivity contribution in [3.8, 4) is 5.75 Å². The molecule has 2 aliphatic heterocycles. The Labute approximate surface area is 175 Å². The Morgan fingerprint density at radius 1 is 1.19 bits per heavy atom. The summed E-state index contributed by atoms with van der Waals surface area (Å²) >= 11 is 13.8. The highest BCUT2D eigenvalue weighted by Crippen LogP contribution is 2.40. The van der Waals surface area contributed by atoms with E-state index in [1.165, 1.54) is 5.06 Å². The third-order valence-electron chi connectivity index (χ3n) is 4.60. The number of unbranched alkanes of at least 4 members (excludes halogenated alkanes) is 3. The fraction of sp³-hybridized carbons (Fsp3) is 0.556. The lowest BCUT2D eigenvalue weighted by Gasteiger charge is -2.35. The second kappa shape index (κ2) is 9.47. The zero-order valence-corrected chi connectivity index (χ0v) is 18.0. The van der Waals surface area contributed by atoms with Crippen molar-refractivity contribution in [2.75, 3.05) is 26.7 Å². The first-order valence-corrected chi connectivity index (χ1v) is 10.6. The molecule has 3 rings (SSSR count). The molecule has 0 radical (unpaired) electrons. The molecule has 0 aliphatic carbocycles. The number of rotatable bonds is 8. The smallest absolute Gasteiger partial charge is 0.164 e. The maximum atomic E-state index is 10.4.